The van der Waals surface area contributed by atoms with Crippen molar-refractivity contribution < 1.29 is 13.2 Å². The van der Waals surface area contributed by atoms with Crippen molar-refractivity contribution in [3.8, 4) is 0 Å². The van der Waals surface area contributed by atoms with Crippen LogP contribution in [-0.2, 0) is 14.8 Å². The molecule has 6 heteroatoms. The van der Waals surface area contributed by atoms with Crippen LogP contribution in [0.2, 0.25) is 0 Å². The van der Waals surface area contributed by atoms with Gasteiger partial charge < -0.3 is 4.90 Å². The predicted octanol–water partition coefficient (Wildman–Crippen LogP) is 2.80. The summed E-state index contributed by atoms with van der Waals surface area (Å²) in [7, 11) is -1.48. The summed E-state index contributed by atoms with van der Waals surface area (Å²) in [4.78, 5) is 15.0. The smallest absolute Gasteiger partial charge is 0.231 e. The number of carbonyl (C=O) groups is 1. The lowest BCUT2D eigenvalue weighted by Crippen LogP contribution is -2.43. The van der Waals surface area contributed by atoms with Gasteiger partial charge in [-0.2, -0.15) is 0 Å². The minimum Gasteiger partial charge on any atom is -0.315 e. The van der Waals surface area contributed by atoms with Crippen LogP contribution in [0.4, 0.5) is 5.69 Å². The highest BCUT2D eigenvalue weighted by Gasteiger charge is 2.52. The monoisotopic (exact) mass is 364 g/mol. The lowest BCUT2D eigenvalue weighted by molar-refractivity contribution is -0.125. The second kappa shape index (κ2) is 6.72. The van der Waals surface area contributed by atoms with Crippen LogP contribution in [0.15, 0.2) is 24.3 Å². The largest absolute Gasteiger partial charge is 0.315 e. The number of hydrogen-bond donors (Lipinski definition) is 0. The Hall–Kier alpha value is -1.40. The minimum atomic E-state index is -3.28. The SMILES string of the molecule is Cc1cccc(N(C)C(=O)C2CN(S(C)(=O)=O)CC23CCCCC3)c1. The molecule has 0 aromatic heterocycles. The van der Waals surface area contributed by atoms with Crippen molar-refractivity contribution in [3.05, 3.63) is 29.8 Å². The van der Waals surface area contributed by atoms with Crippen molar-refractivity contribution in [1.82, 2.24) is 4.31 Å². The molecule has 2 aliphatic rings. The Morgan fingerprint density at radius 2 is 1.92 bits per heavy atom. The molecule has 1 atom stereocenters. The lowest BCUT2D eigenvalue weighted by Gasteiger charge is -2.38. The summed E-state index contributed by atoms with van der Waals surface area (Å²) in [5, 5.41) is 0. The van der Waals surface area contributed by atoms with E-state index in [-0.39, 0.29) is 17.2 Å². The van der Waals surface area contributed by atoms with Gasteiger partial charge in [-0.15, -0.1) is 0 Å². The van der Waals surface area contributed by atoms with Crippen molar-refractivity contribution in [2.24, 2.45) is 11.3 Å². The summed E-state index contributed by atoms with van der Waals surface area (Å²) in [6.07, 6.45) is 6.47. The highest BCUT2D eigenvalue weighted by molar-refractivity contribution is 7.88. The first kappa shape index (κ1) is 18.4. The molecule has 1 heterocycles. The molecule has 1 aliphatic carbocycles. The number of nitrogens with zero attached hydrogens (tertiary/aromatic N) is 2. The predicted molar refractivity (Wildman–Crippen MR) is 100 cm³/mol. The van der Waals surface area contributed by atoms with Crippen LogP contribution in [0.3, 0.4) is 0 Å². The van der Waals surface area contributed by atoms with E-state index >= 15 is 0 Å². The first-order chi connectivity index (χ1) is 11.7. The molecular weight excluding hydrogens is 336 g/mol. The fourth-order valence-corrected chi connectivity index (χ4v) is 5.39. The van der Waals surface area contributed by atoms with Gasteiger partial charge in [-0.25, -0.2) is 12.7 Å². The van der Waals surface area contributed by atoms with E-state index in [0.717, 1.165) is 36.9 Å². The number of hydrogen-bond acceptors (Lipinski definition) is 3. The standard InChI is InChI=1S/C19H28N2O3S/c1-15-8-7-9-16(12-15)20(2)18(22)17-13-21(25(3,23)24)14-19(17)10-5-4-6-11-19/h7-9,12,17H,4-6,10-11,13-14H2,1-3H3. The number of benzene rings is 1. The average molecular weight is 365 g/mol. The second-order valence-electron chi connectivity index (χ2n) is 7.77. The van der Waals surface area contributed by atoms with Gasteiger partial charge in [0.25, 0.3) is 0 Å². The van der Waals surface area contributed by atoms with E-state index < -0.39 is 10.0 Å². The van der Waals surface area contributed by atoms with Crippen molar-refractivity contribution in [1.29, 1.82) is 0 Å². The van der Waals surface area contributed by atoms with Crippen LogP contribution in [0.1, 0.15) is 37.7 Å². The van der Waals surface area contributed by atoms with Gasteiger partial charge in [0, 0.05) is 25.8 Å². The molecule has 1 spiro atoms. The number of amides is 1. The van der Waals surface area contributed by atoms with Gasteiger partial charge in [-0.05, 0) is 42.9 Å². The molecule has 2 fully saturated rings. The zero-order chi connectivity index (χ0) is 18.2. The summed E-state index contributed by atoms with van der Waals surface area (Å²) in [5.74, 6) is -0.216. The molecular formula is C19H28N2O3S. The van der Waals surface area contributed by atoms with E-state index in [1.165, 1.54) is 17.0 Å². The van der Waals surface area contributed by atoms with Crippen molar-refractivity contribution in [3.63, 3.8) is 0 Å². The van der Waals surface area contributed by atoms with Gasteiger partial charge in [-0.1, -0.05) is 31.4 Å². The molecule has 1 saturated heterocycles. The minimum absolute atomic E-state index is 0.0404. The number of rotatable bonds is 3. The van der Waals surface area contributed by atoms with E-state index in [9.17, 15) is 13.2 Å². The van der Waals surface area contributed by atoms with E-state index in [4.69, 9.17) is 0 Å². The third-order valence-electron chi connectivity index (χ3n) is 5.95. The van der Waals surface area contributed by atoms with E-state index in [1.54, 1.807) is 11.9 Å². The molecule has 25 heavy (non-hydrogen) atoms. The summed E-state index contributed by atoms with van der Waals surface area (Å²) in [6, 6.07) is 7.88. The fraction of sp³-hybridized carbons (Fsp3) is 0.632. The van der Waals surface area contributed by atoms with Crippen LogP contribution in [0.25, 0.3) is 0 Å². The lowest BCUT2D eigenvalue weighted by atomic mass is 9.67. The molecule has 0 bridgehead atoms. The summed E-state index contributed by atoms with van der Waals surface area (Å²) in [5.41, 5.74) is 1.78. The molecule has 5 nitrogen and oxygen atoms in total. The molecule has 1 saturated carbocycles. The van der Waals surface area contributed by atoms with Crippen LogP contribution < -0.4 is 4.90 Å². The maximum absolute atomic E-state index is 13.3. The first-order valence-corrected chi connectivity index (χ1v) is 10.9. The van der Waals surface area contributed by atoms with Crippen LogP contribution in [0, 0.1) is 18.3 Å². The maximum atomic E-state index is 13.3. The topological polar surface area (TPSA) is 57.7 Å². The van der Waals surface area contributed by atoms with Gasteiger partial charge in [0.1, 0.15) is 0 Å². The third-order valence-corrected chi connectivity index (χ3v) is 7.17. The molecule has 138 valence electrons. The third kappa shape index (κ3) is 3.60. The van der Waals surface area contributed by atoms with Gasteiger partial charge in [-0.3, -0.25) is 4.79 Å². The molecule has 1 aliphatic heterocycles. The van der Waals surface area contributed by atoms with Gasteiger partial charge in [0.05, 0.1) is 12.2 Å². The molecule has 0 N–H and O–H groups in total. The molecule has 0 radical (unpaired) electrons. The Kier molecular flexibility index (Phi) is 4.95. The van der Waals surface area contributed by atoms with Gasteiger partial charge in [0.2, 0.25) is 15.9 Å². The van der Waals surface area contributed by atoms with Crippen LogP contribution in [0.5, 0.6) is 0 Å². The Labute approximate surface area is 151 Å². The maximum Gasteiger partial charge on any atom is 0.231 e. The number of aryl methyl sites for hydroxylation is 1. The van der Waals surface area contributed by atoms with E-state index in [0.29, 0.717) is 13.1 Å². The van der Waals surface area contributed by atoms with Crippen LogP contribution >= 0.6 is 0 Å². The summed E-state index contributed by atoms with van der Waals surface area (Å²) in [6.45, 7) is 2.81. The highest BCUT2D eigenvalue weighted by Crippen LogP contribution is 2.49. The Morgan fingerprint density at radius 1 is 1.24 bits per heavy atom. The van der Waals surface area contributed by atoms with E-state index in [2.05, 4.69) is 0 Å². The zero-order valence-electron chi connectivity index (χ0n) is 15.4. The quantitative estimate of drug-likeness (QED) is 0.829. The number of carbonyl (C=O) groups excluding carboxylic acids is 1. The van der Waals surface area contributed by atoms with Gasteiger partial charge >= 0.3 is 0 Å². The first-order valence-electron chi connectivity index (χ1n) is 9.02. The Morgan fingerprint density at radius 3 is 2.52 bits per heavy atom. The van der Waals surface area contributed by atoms with Crippen LogP contribution in [-0.4, -0.2) is 45.0 Å². The van der Waals surface area contributed by atoms with Gasteiger partial charge in [0.15, 0.2) is 0 Å². The van der Waals surface area contributed by atoms with E-state index in [1.807, 2.05) is 31.2 Å². The van der Waals surface area contributed by atoms with Crippen molar-refractivity contribution in [2.75, 3.05) is 31.3 Å². The van der Waals surface area contributed by atoms with Crippen molar-refractivity contribution >= 4 is 21.6 Å². The molecule has 1 aromatic carbocycles. The summed E-state index contributed by atoms with van der Waals surface area (Å²) >= 11 is 0. The Balaban J connectivity index is 1.90. The average Bonchev–Trinajstić information content (AvgIpc) is 2.93. The molecule has 1 unspecified atom stereocenters. The molecule has 3 rings (SSSR count). The second-order valence-corrected chi connectivity index (χ2v) is 9.75. The fourth-order valence-electron chi connectivity index (χ4n) is 4.48. The molecule has 1 aromatic rings. The number of anilines is 1. The number of sulfonamides is 1. The van der Waals surface area contributed by atoms with Crippen molar-refractivity contribution in [2.45, 2.75) is 39.0 Å². The normalized spacial score (nSPS) is 23.7. The molecule has 1 amide bonds. The summed E-state index contributed by atoms with van der Waals surface area (Å²) < 4.78 is 25.7. The highest BCUT2D eigenvalue weighted by atomic mass is 32.2. The zero-order valence-corrected chi connectivity index (χ0v) is 16.2. The Bertz CT molecular complexity index is 754.